The zero-order chi connectivity index (χ0) is 30.2. The summed E-state index contributed by atoms with van der Waals surface area (Å²) in [6.45, 7) is 9.74. The first-order valence-electron chi connectivity index (χ1n) is 13.6. The summed E-state index contributed by atoms with van der Waals surface area (Å²) in [5.74, 6) is 0.445. The number of benzene rings is 3. The van der Waals surface area contributed by atoms with Crippen LogP contribution in [0.5, 0.6) is 11.5 Å². The summed E-state index contributed by atoms with van der Waals surface area (Å²) in [6, 6.07) is 14.6. The third-order valence-corrected chi connectivity index (χ3v) is 6.98. The number of nitrogens with one attached hydrogen (secondary N) is 1. The van der Waals surface area contributed by atoms with Gasteiger partial charge in [-0.25, -0.2) is 9.37 Å². The minimum absolute atomic E-state index is 0.00693. The van der Waals surface area contributed by atoms with Crippen molar-refractivity contribution in [3.63, 3.8) is 0 Å². The highest BCUT2D eigenvalue weighted by molar-refractivity contribution is 9.10. The Bertz CT molecular complexity index is 1700. The van der Waals surface area contributed by atoms with Crippen LogP contribution in [0, 0.1) is 5.82 Å². The van der Waals surface area contributed by atoms with Crippen molar-refractivity contribution in [1.82, 2.24) is 9.66 Å². The van der Waals surface area contributed by atoms with Crippen molar-refractivity contribution in [1.29, 1.82) is 0 Å². The topological polar surface area (TPSA) is 94.8 Å². The lowest BCUT2D eigenvalue weighted by molar-refractivity contribution is -0.118. The summed E-state index contributed by atoms with van der Waals surface area (Å²) in [7, 11) is 0. The van der Waals surface area contributed by atoms with Crippen LogP contribution in [0.1, 0.15) is 50.1 Å². The Morgan fingerprint density at radius 1 is 1.19 bits per heavy atom. The average molecular weight is 636 g/mol. The fourth-order valence-electron chi connectivity index (χ4n) is 4.30. The monoisotopic (exact) mass is 634 g/mol. The van der Waals surface area contributed by atoms with Crippen LogP contribution in [0.15, 0.2) is 81.6 Å². The number of rotatable bonds is 12. The van der Waals surface area contributed by atoms with Crippen LogP contribution < -0.4 is 20.3 Å². The van der Waals surface area contributed by atoms with Crippen molar-refractivity contribution < 1.29 is 18.7 Å². The van der Waals surface area contributed by atoms with E-state index < -0.39 is 11.7 Å². The first kappa shape index (κ1) is 30.6. The van der Waals surface area contributed by atoms with Crippen molar-refractivity contribution in [2.24, 2.45) is 5.10 Å². The molecule has 1 atom stereocenters. The van der Waals surface area contributed by atoms with Crippen LogP contribution in [0.25, 0.3) is 10.9 Å². The van der Waals surface area contributed by atoms with E-state index in [4.69, 9.17) is 14.5 Å². The molecule has 42 heavy (non-hydrogen) atoms. The van der Waals surface area contributed by atoms with E-state index in [2.05, 4.69) is 32.9 Å². The second-order valence-corrected chi connectivity index (χ2v) is 10.5. The van der Waals surface area contributed by atoms with Crippen LogP contribution in [-0.4, -0.2) is 35.0 Å². The first-order chi connectivity index (χ1) is 20.2. The van der Waals surface area contributed by atoms with Crippen molar-refractivity contribution in [2.45, 2.75) is 39.5 Å². The van der Waals surface area contributed by atoms with Gasteiger partial charge in [0.05, 0.1) is 23.7 Å². The lowest BCUT2D eigenvalue weighted by atomic mass is 10.1. The number of allylic oxidation sites excluding steroid dienone is 1. The molecule has 0 saturated carbocycles. The van der Waals surface area contributed by atoms with Gasteiger partial charge in [0.25, 0.3) is 11.5 Å². The zero-order valence-electron chi connectivity index (χ0n) is 23.7. The van der Waals surface area contributed by atoms with Gasteiger partial charge in [-0.1, -0.05) is 41.9 Å². The fraction of sp³-hybridized carbons (Fsp3) is 0.250. The van der Waals surface area contributed by atoms with E-state index in [1.54, 1.807) is 30.5 Å². The summed E-state index contributed by atoms with van der Waals surface area (Å²) in [6.07, 6.45) is 4.49. The summed E-state index contributed by atoms with van der Waals surface area (Å²) < 4.78 is 27.4. The summed E-state index contributed by atoms with van der Waals surface area (Å²) in [5.41, 5.74) is 2.04. The van der Waals surface area contributed by atoms with Crippen LogP contribution >= 0.6 is 15.9 Å². The second kappa shape index (κ2) is 14.0. The van der Waals surface area contributed by atoms with E-state index in [0.717, 1.165) is 10.9 Å². The Labute approximate surface area is 252 Å². The Kier molecular flexibility index (Phi) is 10.2. The largest absolute Gasteiger partial charge is 0.490 e. The highest BCUT2D eigenvalue weighted by Gasteiger charge is 2.17. The molecule has 10 heteroatoms. The van der Waals surface area contributed by atoms with Crippen molar-refractivity contribution in [3.8, 4) is 11.5 Å². The molecule has 1 N–H and O–H groups in total. The van der Waals surface area contributed by atoms with Crippen LogP contribution in [-0.2, 0) is 11.2 Å². The minimum atomic E-state index is -0.455. The number of fused-ring (bicyclic) bond motifs is 1. The Hall–Kier alpha value is -4.31. The Morgan fingerprint density at radius 2 is 2.00 bits per heavy atom. The molecular formula is C32H32BrFN4O4. The maximum Gasteiger partial charge on any atom is 0.282 e. The van der Waals surface area contributed by atoms with E-state index in [0.29, 0.717) is 58.1 Å². The molecule has 4 aromatic rings. The average Bonchev–Trinajstić information content (AvgIpc) is 2.96. The summed E-state index contributed by atoms with van der Waals surface area (Å²) >= 11 is 3.43. The van der Waals surface area contributed by atoms with Gasteiger partial charge >= 0.3 is 0 Å². The summed E-state index contributed by atoms with van der Waals surface area (Å²) in [5, 5.41) is 7.64. The van der Waals surface area contributed by atoms with Crippen molar-refractivity contribution in [2.75, 3.05) is 18.5 Å². The second-order valence-electron chi connectivity index (χ2n) is 9.58. The van der Waals surface area contributed by atoms with E-state index in [9.17, 15) is 14.0 Å². The molecule has 0 saturated heterocycles. The lowest BCUT2D eigenvalue weighted by Gasteiger charge is -2.17. The number of aromatic nitrogens is 2. The zero-order valence-corrected chi connectivity index (χ0v) is 25.3. The molecule has 1 heterocycles. The number of carbonyl (C=O) groups is 1. The highest BCUT2D eigenvalue weighted by Crippen LogP contribution is 2.34. The highest BCUT2D eigenvalue weighted by atomic mass is 79.9. The summed E-state index contributed by atoms with van der Waals surface area (Å²) in [4.78, 5) is 30.8. The maximum atomic E-state index is 13.5. The molecule has 8 nitrogen and oxygen atoms in total. The standard InChI is InChI=1S/C32H32BrFN4O4/c1-5-9-22-14-21(15-28(41-7-3)30(22)42-19-29(39)36-25-11-8-10-24(34)17-25)18-35-38-31(20(4)6-2)37-27-13-12-23(33)16-26(27)32(38)40/h5,8,10-18,20H,1,6-7,9,19H2,2-4H3,(H,36,39)/t20-/m0/s1. The Balaban J connectivity index is 1.69. The molecule has 0 fully saturated rings. The van der Waals surface area contributed by atoms with Gasteiger partial charge in [-0.2, -0.15) is 9.78 Å². The van der Waals surface area contributed by atoms with Gasteiger partial charge in [-0.05, 0) is 73.9 Å². The van der Waals surface area contributed by atoms with Crippen LogP contribution in [0.2, 0.25) is 0 Å². The molecule has 1 amide bonds. The van der Waals surface area contributed by atoms with Gasteiger partial charge in [0.15, 0.2) is 18.1 Å². The molecule has 0 bridgehead atoms. The van der Waals surface area contributed by atoms with Gasteiger partial charge in [0.1, 0.15) is 11.6 Å². The normalized spacial score (nSPS) is 11.9. The predicted molar refractivity (Wildman–Crippen MR) is 167 cm³/mol. The quantitative estimate of drug-likeness (QED) is 0.136. The van der Waals surface area contributed by atoms with E-state index >= 15 is 0 Å². The molecule has 3 aromatic carbocycles. The Morgan fingerprint density at radius 3 is 2.71 bits per heavy atom. The molecule has 4 rings (SSSR count). The van der Waals surface area contributed by atoms with Crippen LogP contribution in [0.3, 0.4) is 0 Å². The molecule has 0 aliphatic heterocycles. The van der Waals surface area contributed by atoms with E-state index in [1.807, 2.05) is 39.0 Å². The van der Waals surface area contributed by atoms with Gasteiger partial charge in [-0.3, -0.25) is 9.59 Å². The number of halogens is 2. The number of hydrogen-bond acceptors (Lipinski definition) is 6. The van der Waals surface area contributed by atoms with Crippen molar-refractivity contribution in [3.05, 3.63) is 105 Å². The molecule has 218 valence electrons. The van der Waals surface area contributed by atoms with Gasteiger partial charge in [-0.15, -0.1) is 6.58 Å². The third-order valence-electron chi connectivity index (χ3n) is 6.48. The number of hydrogen-bond donors (Lipinski definition) is 1. The van der Waals surface area contributed by atoms with Crippen molar-refractivity contribution >= 4 is 44.6 Å². The molecule has 0 spiro atoms. The fourth-order valence-corrected chi connectivity index (χ4v) is 4.66. The molecule has 0 aliphatic carbocycles. The maximum absolute atomic E-state index is 13.5. The number of amides is 1. The molecule has 0 radical (unpaired) electrons. The lowest BCUT2D eigenvalue weighted by Crippen LogP contribution is -2.23. The molecule has 0 unspecified atom stereocenters. The van der Waals surface area contributed by atoms with Gasteiger partial charge in [0.2, 0.25) is 0 Å². The minimum Gasteiger partial charge on any atom is -0.490 e. The van der Waals surface area contributed by atoms with Crippen LogP contribution in [0.4, 0.5) is 10.1 Å². The third kappa shape index (κ3) is 7.30. The SMILES string of the molecule is C=CCc1cc(C=Nn2c([C@@H](C)CC)nc3ccc(Br)cc3c2=O)cc(OCC)c1OCC(=O)Nc1cccc(F)c1. The number of carbonyl (C=O) groups excluding carboxylic acids is 1. The van der Waals surface area contributed by atoms with E-state index in [1.165, 1.54) is 22.9 Å². The predicted octanol–water partition coefficient (Wildman–Crippen LogP) is 6.84. The van der Waals surface area contributed by atoms with Gasteiger partial charge in [0, 0.05) is 21.6 Å². The molecule has 1 aromatic heterocycles. The molecule has 0 aliphatic rings. The number of nitrogens with zero attached hydrogens (tertiary/aromatic N) is 3. The first-order valence-corrected chi connectivity index (χ1v) is 14.4. The van der Waals surface area contributed by atoms with Gasteiger partial charge < -0.3 is 14.8 Å². The molecular weight excluding hydrogens is 603 g/mol. The number of anilines is 1. The smallest absolute Gasteiger partial charge is 0.282 e. The van der Waals surface area contributed by atoms with E-state index in [-0.39, 0.29) is 18.1 Å². The number of ether oxygens (including phenoxy) is 2.